The summed E-state index contributed by atoms with van der Waals surface area (Å²) < 4.78 is 13.9. The maximum atomic E-state index is 13.9. The Labute approximate surface area is 150 Å². The lowest BCUT2D eigenvalue weighted by Gasteiger charge is -2.40. The van der Waals surface area contributed by atoms with Crippen LogP contribution in [0.2, 0.25) is 0 Å². The second-order valence-electron chi connectivity index (χ2n) is 6.55. The average molecular weight is 363 g/mol. The number of rotatable bonds is 6. The fourth-order valence-electron chi connectivity index (χ4n) is 3.26. The molecule has 25 heavy (non-hydrogen) atoms. The topological polar surface area (TPSA) is 56.7 Å². The molecule has 1 saturated heterocycles. The van der Waals surface area contributed by atoms with Gasteiger partial charge >= 0.3 is 0 Å². The van der Waals surface area contributed by atoms with Crippen molar-refractivity contribution in [2.45, 2.75) is 31.5 Å². The molecule has 1 atom stereocenters. The molecule has 0 saturated carbocycles. The highest BCUT2D eigenvalue weighted by atomic mass is 32.1. The number of amides is 1. The van der Waals surface area contributed by atoms with Crippen LogP contribution in [0.1, 0.15) is 23.4 Å². The van der Waals surface area contributed by atoms with Crippen LogP contribution in [0.4, 0.5) is 4.39 Å². The van der Waals surface area contributed by atoms with Gasteiger partial charge in [-0.25, -0.2) is 9.37 Å². The smallest absolute Gasteiger partial charge is 0.256 e. The summed E-state index contributed by atoms with van der Waals surface area (Å²) in [5.41, 5.74) is -0.966. The fourth-order valence-corrected chi connectivity index (χ4v) is 3.95. The highest BCUT2D eigenvalue weighted by molar-refractivity contribution is 7.09. The third kappa shape index (κ3) is 4.23. The second-order valence-corrected chi connectivity index (χ2v) is 7.53. The number of halogens is 1. The predicted molar refractivity (Wildman–Crippen MR) is 94.4 cm³/mol. The number of aromatic nitrogens is 1. The van der Waals surface area contributed by atoms with Crippen LogP contribution < -0.4 is 0 Å². The molecular weight excluding hydrogens is 341 g/mol. The number of benzene rings is 1. The first-order valence-electron chi connectivity index (χ1n) is 8.30. The van der Waals surface area contributed by atoms with Crippen LogP contribution in [0.3, 0.4) is 0 Å². The molecule has 1 aromatic heterocycles. The van der Waals surface area contributed by atoms with Gasteiger partial charge in [-0.2, -0.15) is 0 Å². The quantitative estimate of drug-likeness (QED) is 0.855. The number of nitrogens with zero attached hydrogens (tertiary/aromatic N) is 3. The number of carbonyl (C=O) groups is 1. The van der Waals surface area contributed by atoms with Crippen molar-refractivity contribution in [1.82, 2.24) is 14.8 Å². The van der Waals surface area contributed by atoms with E-state index in [1.54, 1.807) is 40.6 Å². The molecule has 7 heteroatoms. The van der Waals surface area contributed by atoms with Crippen LogP contribution in [0.25, 0.3) is 0 Å². The standard InChI is InChI=1S/C18H22FN3O2S/c1-21(12-16-20-8-10-25-16)13-18(24)7-4-9-22(17(18)23)11-14-5-2-3-6-15(14)19/h2-3,5-6,8,10,24H,4,7,9,11-13H2,1H3/t18-/m1/s1. The molecule has 0 bridgehead atoms. The Bertz CT molecular complexity index is 725. The summed E-state index contributed by atoms with van der Waals surface area (Å²) in [5, 5.41) is 13.8. The Morgan fingerprint density at radius 1 is 1.44 bits per heavy atom. The van der Waals surface area contributed by atoms with Crippen molar-refractivity contribution in [3.8, 4) is 0 Å². The van der Waals surface area contributed by atoms with Gasteiger partial charge in [0.05, 0.1) is 6.54 Å². The molecule has 1 aliphatic rings. The Hall–Kier alpha value is -1.83. The van der Waals surface area contributed by atoms with Crippen LogP contribution in [0.15, 0.2) is 35.8 Å². The molecular formula is C18H22FN3O2S. The summed E-state index contributed by atoms with van der Waals surface area (Å²) in [7, 11) is 1.86. The SMILES string of the molecule is CN(Cc1nccs1)C[C@]1(O)CCCN(Cc2ccccc2F)C1=O. The Balaban J connectivity index is 1.66. The van der Waals surface area contributed by atoms with Crippen molar-refractivity contribution in [2.75, 3.05) is 20.1 Å². The van der Waals surface area contributed by atoms with Gasteiger partial charge in [0.25, 0.3) is 5.91 Å². The minimum Gasteiger partial charge on any atom is -0.379 e. The van der Waals surface area contributed by atoms with Crippen LogP contribution in [0, 0.1) is 5.82 Å². The number of thiazole rings is 1. The van der Waals surface area contributed by atoms with E-state index in [1.165, 1.54) is 6.07 Å². The summed E-state index contributed by atoms with van der Waals surface area (Å²) >= 11 is 1.55. The normalized spacial score (nSPS) is 21.1. The van der Waals surface area contributed by atoms with E-state index < -0.39 is 5.60 Å². The largest absolute Gasteiger partial charge is 0.379 e. The lowest BCUT2D eigenvalue weighted by atomic mass is 9.91. The fraction of sp³-hybridized carbons (Fsp3) is 0.444. The van der Waals surface area contributed by atoms with Crippen LogP contribution >= 0.6 is 11.3 Å². The summed E-state index contributed by atoms with van der Waals surface area (Å²) in [6, 6.07) is 6.43. The summed E-state index contributed by atoms with van der Waals surface area (Å²) in [6.45, 7) is 1.54. The van der Waals surface area contributed by atoms with E-state index in [9.17, 15) is 14.3 Å². The Morgan fingerprint density at radius 2 is 2.24 bits per heavy atom. The highest BCUT2D eigenvalue weighted by Crippen LogP contribution is 2.26. The predicted octanol–water partition coefficient (Wildman–Crippen LogP) is 2.27. The molecule has 0 spiro atoms. The molecule has 2 heterocycles. The number of aliphatic hydroxyl groups is 1. The van der Waals surface area contributed by atoms with E-state index in [0.717, 1.165) is 5.01 Å². The van der Waals surface area contributed by atoms with Gasteiger partial charge < -0.3 is 10.0 Å². The zero-order valence-corrected chi connectivity index (χ0v) is 15.0. The number of likely N-dealkylation sites (N-methyl/N-ethyl adjacent to an activating group) is 1. The third-order valence-electron chi connectivity index (χ3n) is 4.44. The van der Waals surface area contributed by atoms with E-state index >= 15 is 0 Å². The molecule has 2 aromatic rings. The third-order valence-corrected chi connectivity index (χ3v) is 5.21. The minimum absolute atomic E-state index is 0.185. The monoisotopic (exact) mass is 363 g/mol. The van der Waals surface area contributed by atoms with Gasteiger partial charge in [0, 0.05) is 36.8 Å². The number of likely N-dealkylation sites (tertiary alicyclic amines) is 1. The van der Waals surface area contributed by atoms with Crippen molar-refractivity contribution in [1.29, 1.82) is 0 Å². The van der Waals surface area contributed by atoms with E-state index in [1.807, 2.05) is 17.3 Å². The average Bonchev–Trinajstić information content (AvgIpc) is 3.06. The van der Waals surface area contributed by atoms with E-state index in [2.05, 4.69) is 4.98 Å². The summed E-state index contributed by atoms with van der Waals surface area (Å²) in [5.74, 6) is -0.654. The number of hydrogen-bond acceptors (Lipinski definition) is 5. The molecule has 1 amide bonds. The van der Waals surface area contributed by atoms with Gasteiger partial charge in [-0.05, 0) is 26.0 Å². The minimum atomic E-state index is -1.44. The highest BCUT2D eigenvalue weighted by Gasteiger charge is 2.43. The maximum absolute atomic E-state index is 13.9. The zero-order chi connectivity index (χ0) is 17.9. The van der Waals surface area contributed by atoms with Crippen molar-refractivity contribution < 1.29 is 14.3 Å². The molecule has 1 fully saturated rings. The first-order valence-corrected chi connectivity index (χ1v) is 9.18. The molecule has 0 unspecified atom stereocenters. The van der Waals surface area contributed by atoms with Crippen molar-refractivity contribution >= 4 is 17.2 Å². The van der Waals surface area contributed by atoms with Crippen molar-refractivity contribution in [3.63, 3.8) is 0 Å². The molecule has 0 radical (unpaired) electrons. The van der Waals surface area contributed by atoms with Gasteiger partial charge in [0.15, 0.2) is 5.60 Å². The molecule has 1 aromatic carbocycles. The van der Waals surface area contributed by atoms with Crippen LogP contribution in [0.5, 0.6) is 0 Å². The molecule has 3 rings (SSSR count). The maximum Gasteiger partial charge on any atom is 0.256 e. The van der Waals surface area contributed by atoms with Crippen LogP contribution in [-0.2, 0) is 17.9 Å². The summed E-state index contributed by atoms with van der Waals surface area (Å²) in [6.07, 6.45) is 2.86. The lowest BCUT2D eigenvalue weighted by molar-refractivity contribution is -0.160. The zero-order valence-electron chi connectivity index (χ0n) is 14.2. The lowest BCUT2D eigenvalue weighted by Crippen LogP contribution is -2.57. The van der Waals surface area contributed by atoms with Gasteiger partial charge in [0.2, 0.25) is 0 Å². The summed E-state index contributed by atoms with van der Waals surface area (Å²) in [4.78, 5) is 20.5. The van der Waals surface area contributed by atoms with Gasteiger partial charge in [-0.1, -0.05) is 18.2 Å². The Kier molecular flexibility index (Phi) is 5.46. The van der Waals surface area contributed by atoms with E-state index in [0.29, 0.717) is 31.5 Å². The molecule has 1 aliphatic heterocycles. The number of carbonyl (C=O) groups excluding carboxylic acids is 1. The van der Waals surface area contributed by atoms with Crippen LogP contribution in [-0.4, -0.2) is 51.5 Å². The number of piperidine rings is 1. The number of hydrogen-bond donors (Lipinski definition) is 1. The first kappa shape index (κ1) is 18.0. The van der Waals surface area contributed by atoms with Gasteiger partial charge in [0.1, 0.15) is 10.8 Å². The first-order chi connectivity index (χ1) is 12.0. The van der Waals surface area contributed by atoms with Crippen molar-refractivity contribution in [2.24, 2.45) is 0 Å². The van der Waals surface area contributed by atoms with Crippen molar-refractivity contribution in [3.05, 3.63) is 52.2 Å². The van der Waals surface area contributed by atoms with E-state index in [-0.39, 0.29) is 24.8 Å². The van der Waals surface area contributed by atoms with Gasteiger partial charge in [-0.3, -0.25) is 9.69 Å². The van der Waals surface area contributed by atoms with E-state index in [4.69, 9.17) is 0 Å². The molecule has 1 N–H and O–H groups in total. The molecule has 0 aliphatic carbocycles. The van der Waals surface area contributed by atoms with Gasteiger partial charge in [-0.15, -0.1) is 11.3 Å². The second kappa shape index (κ2) is 7.59. The Morgan fingerprint density at radius 3 is 2.96 bits per heavy atom. The molecule has 5 nitrogen and oxygen atoms in total. The molecule has 134 valence electrons.